The quantitative estimate of drug-likeness (QED) is 0.848. The van der Waals surface area contributed by atoms with E-state index in [1.165, 1.54) is 4.90 Å². The van der Waals surface area contributed by atoms with Crippen LogP contribution in [0.4, 0.5) is 5.69 Å². The van der Waals surface area contributed by atoms with Gasteiger partial charge in [0, 0.05) is 24.8 Å². The molecule has 4 nitrogen and oxygen atoms in total. The smallest absolute Gasteiger partial charge is 0.255 e. The number of nitrogens with two attached hydrogens (primary N) is 1. The van der Waals surface area contributed by atoms with Crippen LogP contribution in [0.5, 0.6) is 5.75 Å². The molecule has 2 rings (SSSR count). The highest BCUT2D eigenvalue weighted by molar-refractivity contribution is 9.10. The zero-order chi connectivity index (χ0) is 14.7. The molecule has 3 N–H and O–H groups in total. The van der Waals surface area contributed by atoms with Crippen molar-refractivity contribution in [3.8, 4) is 5.75 Å². The second-order valence-corrected chi connectivity index (χ2v) is 5.29. The first-order valence-electron chi connectivity index (χ1n) is 6.07. The first-order valence-corrected chi connectivity index (χ1v) is 6.86. The molecular weight excluding hydrogens is 320 g/mol. The molecule has 2 aromatic carbocycles. The van der Waals surface area contributed by atoms with Gasteiger partial charge in [-0.15, -0.1) is 0 Å². The number of hydrogen-bond donors (Lipinski definition) is 2. The lowest BCUT2D eigenvalue weighted by atomic mass is 10.1. The molecule has 5 heteroatoms. The van der Waals surface area contributed by atoms with Gasteiger partial charge in [-0.05, 0) is 34.1 Å². The Hall–Kier alpha value is -2.01. The number of phenols is 1. The van der Waals surface area contributed by atoms with E-state index < -0.39 is 0 Å². The zero-order valence-corrected chi connectivity index (χ0v) is 12.6. The number of aromatic hydroxyl groups is 1. The number of amides is 1. The number of nitrogens with zero attached hydrogens (tertiary/aromatic N) is 1. The zero-order valence-electron chi connectivity index (χ0n) is 11.0. The number of halogens is 1. The van der Waals surface area contributed by atoms with E-state index in [4.69, 9.17) is 5.73 Å². The Kier molecular flexibility index (Phi) is 4.29. The van der Waals surface area contributed by atoms with Crippen molar-refractivity contribution in [2.45, 2.75) is 6.54 Å². The summed E-state index contributed by atoms with van der Waals surface area (Å²) in [5.41, 5.74) is 7.50. The fourth-order valence-corrected chi connectivity index (χ4v) is 2.33. The van der Waals surface area contributed by atoms with Gasteiger partial charge in [0.2, 0.25) is 0 Å². The number of anilines is 1. The van der Waals surface area contributed by atoms with Crippen LogP contribution in [-0.4, -0.2) is 23.0 Å². The number of nitrogen functional groups attached to an aromatic ring is 1. The predicted molar refractivity (Wildman–Crippen MR) is 82.5 cm³/mol. The van der Waals surface area contributed by atoms with E-state index in [-0.39, 0.29) is 11.7 Å². The fraction of sp³-hybridized carbons (Fsp3) is 0.133. The van der Waals surface area contributed by atoms with Gasteiger partial charge in [-0.3, -0.25) is 4.79 Å². The number of hydrogen-bond acceptors (Lipinski definition) is 3. The lowest BCUT2D eigenvalue weighted by Crippen LogP contribution is -2.26. The van der Waals surface area contributed by atoms with Gasteiger partial charge < -0.3 is 15.7 Å². The lowest BCUT2D eigenvalue weighted by molar-refractivity contribution is 0.0783. The summed E-state index contributed by atoms with van der Waals surface area (Å²) in [5, 5.41) is 9.74. The largest absolute Gasteiger partial charge is 0.508 e. The van der Waals surface area contributed by atoms with E-state index in [2.05, 4.69) is 15.9 Å². The Morgan fingerprint density at radius 1 is 1.25 bits per heavy atom. The third kappa shape index (κ3) is 2.93. The van der Waals surface area contributed by atoms with Crippen LogP contribution in [0.2, 0.25) is 0 Å². The molecule has 0 aliphatic heterocycles. The van der Waals surface area contributed by atoms with Crippen LogP contribution >= 0.6 is 15.9 Å². The number of para-hydroxylation sites is 1. The van der Waals surface area contributed by atoms with Crippen LogP contribution in [0.3, 0.4) is 0 Å². The van der Waals surface area contributed by atoms with Crippen LogP contribution in [-0.2, 0) is 6.54 Å². The van der Waals surface area contributed by atoms with E-state index in [1.807, 2.05) is 6.07 Å². The molecule has 2 aromatic rings. The first kappa shape index (κ1) is 14.4. The standard InChI is InChI=1S/C15H15BrN2O2/c1-18(9-10-5-2-3-8-13(10)19)15(20)11-6-4-7-12(17)14(11)16/h2-8,19H,9,17H2,1H3. The van der Waals surface area contributed by atoms with Crippen LogP contribution < -0.4 is 5.73 Å². The lowest BCUT2D eigenvalue weighted by Gasteiger charge is -2.19. The highest BCUT2D eigenvalue weighted by Crippen LogP contribution is 2.25. The molecule has 0 unspecified atom stereocenters. The van der Waals surface area contributed by atoms with Crippen molar-refractivity contribution in [1.82, 2.24) is 4.90 Å². The van der Waals surface area contributed by atoms with E-state index >= 15 is 0 Å². The number of benzene rings is 2. The van der Waals surface area contributed by atoms with Crippen molar-refractivity contribution in [3.63, 3.8) is 0 Å². The average Bonchev–Trinajstić information content (AvgIpc) is 2.43. The molecule has 0 aliphatic carbocycles. The van der Waals surface area contributed by atoms with Gasteiger partial charge in [-0.1, -0.05) is 24.3 Å². The fourth-order valence-electron chi connectivity index (χ4n) is 1.89. The van der Waals surface area contributed by atoms with Crippen molar-refractivity contribution >= 4 is 27.5 Å². The van der Waals surface area contributed by atoms with E-state index in [0.29, 0.717) is 27.8 Å². The van der Waals surface area contributed by atoms with E-state index in [9.17, 15) is 9.90 Å². The molecule has 0 fully saturated rings. The monoisotopic (exact) mass is 334 g/mol. The molecule has 0 aromatic heterocycles. The van der Waals surface area contributed by atoms with E-state index in [1.54, 1.807) is 43.4 Å². The maximum atomic E-state index is 12.4. The Labute approximate surface area is 126 Å². The van der Waals surface area contributed by atoms with Crippen molar-refractivity contribution in [1.29, 1.82) is 0 Å². The second-order valence-electron chi connectivity index (χ2n) is 4.50. The molecule has 0 atom stereocenters. The topological polar surface area (TPSA) is 66.6 Å². The Morgan fingerprint density at radius 2 is 1.95 bits per heavy atom. The predicted octanol–water partition coefficient (Wildman–Crippen LogP) is 3.01. The van der Waals surface area contributed by atoms with Gasteiger partial charge in [0.15, 0.2) is 0 Å². The third-order valence-electron chi connectivity index (χ3n) is 3.00. The molecule has 0 radical (unpaired) electrons. The number of phenolic OH excluding ortho intramolecular Hbond substituents is 1. The number of rotatable bonds is 3. The summed E-state index contributed by atoms with van der Waals surface area (Å²) < 4.78 is 0.592. The summed E-state index contributed by atoms with van der Waals surface area (Å²) in [6, 6.07) is 12.1. The summed E-state index contributed by atoms with van der Waals surface area (Å²) in [6.07, 6.45) is 0. The highest BCUT2D eigenvalue weighted by Gasteiger charge is 2.17. The molecule has 0 heterocycles. The first-order chi connectivity index (χ1) is 9.50. The molecule has 0 spiro atoms. The van der Waals surface area contributed by atoms with Crippen molar-refractivity contribution in [2.75, 3.05) is 12.8 Å². The van der Waals surface area contributed by atoms with Gasteiger partial charge in [-0.25, -0.2) is 0 Å². The Morgan fingerprint density at radius 3 is 2.65 bits per heavy atom. The maximum Gasteiger partial charge on any atom is 0.255 e. The van der Waals surface area contributed by atoms with Crippen LogP contribution in [0.25, 0.3) is 0 Å². The minimum atomic E-state index is -0.160. The van der Waals surface area contributed by atoms with Crippen molar-refractivity contribution in [3.05, 3.63) is 58.1 Å². The van der Waals surface area contributed by atoms with Crippen LogP contribution in [0.15, 0.2) is 46.9 Å². The van der Waals surface area contributed by atoms with Crippen molar-refractivity contribution in [2.24, 2.45) is 0 Å². The minimum Gasteiger partial charge on any atom is -0.508 e. The Balaban J connectivity index is 2.21. The van der Waals surface area contributed by atoms with Crippen LogP contribution in [0, 0.1) is 0 Å². The second kappa shape index (κ2) is 5.96. The molecule has 104 valence electrons. The van der Waals surface area contributed by atoms with Gasteiger partial charge in [-0.2, -0.15) is 0 Å². The Bertz CT molecular complexity index is 644. The van der Waals surface area contributed by atoms with Crippen molar-refractivity contribution < 1.29 is 9.90 Å². The van der Waals surface area contributed by atoms with Gasteiger partial charge in [0.1, 0.15) is 5.75 Å². The molecule has 20 heavy (non-hydrogen) atoms. The van der Waals surface area contributed by atoms with Gasteiger partial charge in [0.25, 0.3) is 5.91 Å². The average molecular weight is 335 g/mol. The number of carbonyl (C=O) groups excluding carboxylic acids is 1. The van der Waals surface area contributed by atoms with Gasteiger partial charge >= 0.3 is 0 Å². The highest BCUT2D eigenvalue weighted by atomic mass is 79.9. The molecule has 0 bridgehead atoms. The summed E-state index contributed by atoms with van der Waals surface area (Å²) in [5.74, 6) is 0.0196. The third-order valence-corrected chi connectivity index (χ3v) is 3.89. The SMILES string of the molecule is CN(Cc1ccccc1O)C(=O)c1cccc(N)c1Br. The minimum absolute atomic E-state index is 0.160. The maximum absolute atomic E-state index is 12.4. The molecule has 0 saturated heterocycles. The van der Waals surface area contributed by atoms with Crippen LogP contribution in [0.1, 0.15) is 15.9 Å². The summed E-state index contributed by atoms with van der Waals surface area (Å²) in [6.45, 7) is 0.326. The molecule has 0 saturated carbocycles. The molecular formula is C15H15BrN2O2. The summed E-state index contributed by atoms with van der Waals surface area (Å²) in [4.78, 5) is 13.9. The summed E-state index contributed by atoms with van der Waals surface area (Å²) in [7, 11) is 1.68. The number of carbonyl (C=O) groups is 1. The molecule has 1 amide bonds. The summed E-state index contributed by atoms with van der Waals surface area (Å²) >= 11 is 3.33. The normalized spacial score (nSPS) is 10.3. The van der Waals surface area contributed by atoms with Gasteiger partial charge in [0.05, 0.1) is 10.0 Å². The molecule has 0 aliphatic rings. The van der Waals surface area contributed by atoms with E-state index in [0.717, 1.165) is 0 Å².